The van der Waals surface area contributed by atoms with Crippen molar-refractivity contribution in [2.24, 2.45) is 0 Å². The summed E-state index contributed by atoms with van der Waals surface area (Å²) < 4.78 is 52.2. The molecule has 0 N–H and O–H groups in total. The van der Waals surface area contributed by atoms with Crippen LogP contribution >= 0.6 is 0 Å². The molecule has 2 heterocycles. The van der Waals surface area contributed by atoms with Crippen molar-refractivity contribution in [2.75, 3.05) is 103 Å². The number of hydrogen-bond donors (Lipinski definition) is 0. The topological polar surface area (TPSA) is 117 Å². The summed E-state index contributed by atoms with van der Waals surface area (Å²) in [5.41, 5.74) is 8.32. The molecule has 66 heavy (non-hydrogen) atoms. The molecule has 358 valence electrons. The van der Waals surface area contributed by atoms with Gasteiger partial charge in [-0.1, -0.05) is 12.1 Å². The molecule has 13 nitrogen and oxygen atoms in total. The number of unbranched alkanes of at least 4 members (excludes halogenated alkanes) is 2. The minimum absolute atomic E-state index is 0.0441. The van der Waals surface area contributed by atoms with Crippen molar-refractivity contribution in [3.63, 3.8) is 0 Å². The van der Waals surface area contributed by atoms with Crippen LogP contribution in [-0.4, -0.2) is 124 Å². The number of benzene rings is 4. The molecule has 4 aromatic rings. The third-order valence-corrected chi connectivity index (χ3v) is 14.0. The maximum atomic E-state index is 13.2. The van der Waals surface area contributed by atoms with E-state index in [0.717, 1.165) is 67.6 Å². The van der Waals surface area contributed by atoms with Crippen LogP contribution in [0.1, 0.15) is 83.1 Å². The highest BCUT2D eigenvalue weighted by Gasteiger charge is 2.42. The van der Waals surface area contributed by atoms with E-state index in [2.05, 4.69) is 57.4 Å². The van der Waals surface area contributed by atoms with E-state index >= 15 is 0 Å². The number of carbonyl (C=O) groups excluding carboxylic acids is 2. The summed E-state index contributed by atoms with van der Waals surface area (Å²) >= 11 is 0. The number of ether oxygens (including phenoxy) is 9. The molecule has 13 heteroatoms. The lowest BCUT2D eigenvalue weighted by molar-refractivity contribution is -0.940. The number of likely N-dealkylation sites (N-methyl/N-ethyl adjacent to an activating group) is 2. The Balaban J connectivity index is 0.980. The minimum Gasteiger partial charge on any atom is -0.496 e. The number of quaternary nitrogens is 2. The van der Waals surface area contributed by atoms with Gasteiger partial charge in [0.25, 0.3) is 0 Å². The number of fused-ring (bicyclic) bond motifs is 2. The maximum absolute atomic E-state index is 13.2. The summed E-state index contributed by atoms with van der Waals surface area (Å²) in [6, 6.07) is 20.9. The third kappa shape index (κ3) is 11.6. The Labute approximate surface area is 391 Å². The molecular weight excluding hydrogens is 841 g/mol. The van der Waals surface area contributed by atoms with E-state index in [9.17, 15) is 9.59 Å². The summed E-state index contributed by atoms with van der Waals surface area (Å²) in [6.07, 6.45) is 6.03. The van der Waals surface area contributed by atoms with E-state index in [1.807, 2.05) is 24.3 Å². The van der Waals surface area contributed by atoms with E-state index < -0.39 is 0 Å². The Morgan fingerprint density at radius 2 is 0.894 bits per heavy atom. The van der Waals surface area contributed by atoms with Crippen molar-refractivity contribution in [2.45, 2.75) is 76.8 Å². The van der Waals surface area contributed by atoms with Crippen LogP contribution in [-0.2, 0) is 44.7 Å². The number of esters is 2. The maximum Gasteiger partial charge on any atom is 0.311 e. The molecule has 0 fully saturated rings. The lowest BCUT2D eigenvalue weighted by atomic mass is 9.85. The van der Waals surface area contributed by atoms with Gasteiger partial charge < -0.3 is 51.6 Å². The summed E-state index contributed by atoms with van der Waals surface area (Å²) in [5.74, 6) is 4.64. The molecule has 0 saturated carbocycles. The van der Waals surface area contributed by atoms with Crippen molar-refractivity contribution in [3.05, 3.63) is 99.6 Å². The Morgan fingerprint density at radius 3 is 1.33 bits per heavy atom. The molecule has 0 amide bonds. The molecule has 0 aromatic heterocycles. The van der Waals surface area contributed by atoms with Crippen LogP contribution < -0.4 is 33.2 Å². The second kappa shape index (κ2) is 22.7. The minimum atomic E-state index is -0.209. The monoisotopic (exact) mass is 913 g/mol. The van der Waals surface area contributed by atoms with Gasteiger partial charge in [-0.05, 0) is 103 Å². The summed E-state index contributed by atoms with van der Waals surface area (Å²) in [6.45, 7) is 5.77. The van der Waals surface area contributed by atoms with Gasteiger partial charge in [-0.15, -0.1) is 0 Å². The molecule has 2 aliphatic heterocycles. The highest BCUT2D eigenvalue weighted by molar-refractivity contribution is 5.69. The lowest BCUT2D eigenvalue weighted by Gasteiger charge is -2.46. The molecule has 0 radical (unpaired) electrons. The molecule has 0 spiro atoms. The van der Waals surface area contributed by atoms with Gasteiger partial charge in [-0.25, -0.2) is 0 Å². The molecule has 0 bridgehead atoms. The van der Waals surface area contributed by atoms with Crippen LogP contribution in [0.5, 0.6) is 40.2 Å². The van der Waals surface area contributed by atoms with Crippen LogP contribution in [0.3, 0.4) is 0 Å². The number of nitrogens with zero attached hydrogens (tertiary/aromatic N) is 2. The Morgan fingerprint density at radius 1 is 0.500 bits per heavy atom. The second-order valence-electron chi connectivity index (χ2n) is 18.1. The predicted molar refractivity (Wildman–Crippen MR) is 254 cm³/mol. The normalized spacial score (nSPS) is 19.7. The van der Waals surface area contributed by atoms with E-state index in [0.29, 0.717) is 95.4 Å². The van der Waals surface area contributed by atoms with Gasteiger partial charge in [0.1, 0.15) is 17.8 Å². The van der Waals surface area contributed by atoms with Crippen molar-refractivity contribution in [3.8, 4) is 40.2 Å². The van der Waals surface area contributed by atoms with Crippen LogP contribution in [0.2, 0.25) is 0 Å². The quantitative estimate of drug-likeness (QED) is 0.0406. The zero-order chi connectivity index (χ0) is 47.4. The van der Waals surface area contributed by atoms with Gasteiger partial charge in [-0.2, -0.15) is 0 Å². The summed E-state index contributed by atoms with van der Waals surface area (Å²) in [5, 5.41) is 0. The van der Waals surface area contributed by atoms with Gasteiger partial charge >= 0.3 is 11.9 Å². The predicted octanol–water partition coefficient (Wildman–Crippen LogP) is 8.37. The smallest absolute Gasteiger partial charge is 0.311 e. The Kier molecular flexibility index (Phi) is 17.1. The first-order chi connectivity index (χ1) is 31.8. The molecule has 4 aromatic carbocycles. The zero-order valence-electron chi connectivity index (χ0n) is 40.9. The average Bonchev–Trinajstić information content (AvgIpc) is 3.33. The first-order valence-electron chi connectivity index (χ1n) is 23.2. The SMILES string of the molecule is COc1cc2c(cc1C)[C@@H](Cc1ccc(OC)c(OC)c1)[N+](C)(CCC(=O)OCCCCCOC(=O)CC[N+]1(C)CCc3cc(OC)c(OC)cc3[C@H]1Cc1ccc(OC)c(OC)c1)CC2. The third-order valence-electron chi connectivity index (χ3n) is 14.0. The first-order valence-corrected chi connectivity index (χ1v) is 23.2. The Bertz CT molecular complexity index is 2300. The number of rotatable bonds is 23. The molecular formula is C53H72N2O11+2. The fraction of sp³-hybridized carbons (Fsp3) is 0.509. The summed E-state index contributed by atoms with van der Waals surface area (Å²) in [4.78, 5) is 26.4. The number of aryl methyl sites for hydroxylation is 1. The average molecular weight is 913 g/mol. The molecule has 4 atom stereocenters. The van der Waals surface area contributed by atoms with Crippen molar-refractivity contribution < 1.29 is 61.2 Å². The van der Waals surface area contributed by atoms with Crippen molar-refractivity contribution in [1.82, 2.24) is 0 Å². The number of carbonyl (C=O) groups is 2. The molecule has 2 unspecified atom stereocenters. The van der Waals surface area contributed by atoms with Crippen molar-refractivity contribution in [1.29, 1.82) is 0 Å². The Hall–Kier alpha value is -5.66. The van der Waals surface area contributed by atoms with Gasteiger partial charge in [0.05, 0.1) is 116 Å². The van der Waals surface area contributed by atoms with Gasteiger partial charge in [0.15, 0.2) is 34.5 Å². The number of hydrogen-bond acceptors (Lipinski definition) is 11. The molecule has 0 aliphatic carbocycles. The zero-order valence-corrected chi connectivity index (χ0v) is 40.9. The fourth-order valence-corrected chi connectivity index (χ4v) is 9.95. The van der Waals surface area contributed by atoms with Crippen LogP contribution in [0, 0.1) is 6.92 Å². The van der Waals surface area contributed by atoms with Crippen LogP contribution in [0.4, 0.5) is 0 Å². The largest absolute Gasteiger partial charge is 0.496 e. The number of methoxy groups -OCH3 is 7. The van der Waals surface area contributed by atoms with Crippen molar-refractivity contribution >= 4 is 11.9 Å². The molecule has 2 aliphatic rings. The van der Waals surface area contributed by atoms with Gasteiger partial charge in [-0.3, -0.25) is 9.59 Å². The highest BCUT2D eigenvalue weighted by Crippen LogP contribution is 2.44. The molecule has 6 rings (SSSR count). The fourth-order valence-electron chi connectivity index (χ4n) is 9.95. The van der Waals surface area contributed by atoms with E-state index in [1.54, 1.807) is 49.8 Å². The lowest BCUT2D eigenvalue weighted by Crippen LogP contribution is -2.53. The molecule has 0 saturated heterocycles. The highest BCUT2D eigenvalue weighted by atomic mass is 16.5. The van der Waals surface area contributed by atoms with Gasteiger partial charge in [0.2, 0.25) is 0 Å². The summed E-state index contributed by atoms with van der Waals surface area (Å²) in [7, 11) is 16.1. The first kappa shape index (κ1) is 49.8. The van der Waals surface area contributed by atoms with Crippen LogP contribution in [0.15, 0.2) is 60.7 Å². The van der Waals surface area contributed by atoms with E-state index in [1.165, 1.54) is 22.3 Å². The van der Waals surface area contributed by atoms with E-state index in [-0.39, 0.29) is 24.0 Å². The second-order valence-corrected chi connectivity index (χ2v) is 18.1. The van der Waals surface area contributed by atoms with Gasteiger partial charge in [0, 0.05) is 36.8 Å². The standard InChI is InChI=1S/C53H72N2O11/c1-36-28-41-39(33-47(36)60-6)18-22-54(2,43(41)29-37-14-16-45(58-4)48(31-37)61-7)24-20-52(56)65-26-12-11-13-27-66-53(57)21-25-55(3)23-19-40-34-50(63-9)51(64-10)35-42(40)44(55)30-38-15-17-46(59-5)49(32-38)62-8/h14-17,28,31-35,43-44H,11-13,18-27,29-30H2,1-10H3/q+2/t43-,44-,54?,55?/m1/s1. The van der Waals surface area contributed by atoms with Crippen LogP contribution in [0.25, 0.3) is 0 Å². The van der Waals surface area contributed by atoms with E-state index in [4.69, 9.17) is 42.6 Å².